The molecular weight excluding hydrogens is 350 g/mol. The van der Waals surface area contributed by atoms with Crippen LogP contribution in [0.3, 0.4) is 0 Å². The lowest BCUT2D eigenvalue weighted by Gasteiger charge is -2.20. The van der Waals surface area contributed by atoms with E-state index < -0.39 is 0 Å². The summed E-state index contributed by atoms with van der Waals surface area (Å²) in [5, 5.41) is 8.63. The fraction of sp³-hybridized carbons (Fsp3) is 0.438. The van der Waals surface area contributed by atoms with Crippen molar-refractivity contribution in [3.8, 4) is 0 Å². The molecule has 114 valence electrons. The van der Waals surface area contributed by atoms with E-state index >= 15 is 0 Å². The molecule has 21 heavy (non-hydrogen) atoms. The first-order valence-corrected chi connectivity index (χ1v) is 8.43. The standard InChI is InChI=1S/C16H21BrClN3/c1-3-9-19-15(8-7-12-10-20-21(2)11-12)13-5-4-6-14(17)16(13)18/h4-6,10-11,15,19H,3,7-9H2,1-2H3. The number of hydrogen-bond acceptors (Lipinski definition) is 2. The third-order valence-electron chi connectivity index (χ3n) is 3.48. The van der Waals surface area contributed by atoms with Gasteiger partial charge in [-0.05, 0) is 58.9 Å². The van der Waals surface area contributed by atoms with Crippen LogP contribution < -0.4 is 5.32 Å². The summed E-state index contributed by atoms with van der Waals surface area (Å²) in [7, 11) is 1.95. The van der Waals surface area contributed by atoms with Crippen LogP contribution in [0.15, 0.2) is 35.1 Å². The van der Waals surface area contributed by atoms with Crippen molar-refractivity contribution in [1.82, 2.24) is 15.1 Å². The molecule has 0 spiro atoms. The second kappa shape index (κ2) is 7.97. The summed E-state index contributed by atoms with van der Waals surface area (Å²) in [6.45, 7) is 3.16. The van der Waals surface area contributed by atoms with Crippen molar-refractivity contribution in [3.05, 3.63) is 51.2 Å². The summed E-state index contributed by atoms with van der Waals surface area (Å²) in [5.41, 5.74) is 2.41. The molecule has 1 heterocycles. The normalized spacial score (nSPS) is 12.6. The van der Waals surface area contributed by atoms with Gasteiger partial charge in [0.25, 0.3) is 0 Å². The average molecular weight is 371 g/mol. The number of hydrogen-bond donors (Lipinski definition) is 1. The molecule has 3 nitrogen and oxygen atoms in total. The first-order chi connectivity index (χ1) is 10.1. The molecule has 0 radical (unpaired) electrons. The van der Waals surface area contributed by atoms with Crippen LogP contribution in [0.25, 0.3) is 0 Å². The molecule has 0 saturated heterocycles. The van der Waals surface area contributed by atoms with Crippen molar-refractivity contribution in [1.29, 1.82) is 0 Å². The molecule has 0 aliphatic heterocycles. The Balaban J connectivity index is 2.11. The van der Waals surface area contributed by atoms with Gasteiger partial charge in [0.05, 0.1) is 11.2 Å². The van der Waals surface area contributed by atoms with Crippen LogP contribution in [0.2, 0.25) is 5.02 Å². The van der Waals surface area contributed by atoms with E-state index in [1.165, 1.54) is 5.56 Å². The minimum atomic E-state index is 0.259. The molecule has 0 aliphatic rings. The van der Waals surface area contributed by atoms with E-state index in [4.69, 9.17) is 11.6 Å². The second-order valence-corrected chi connectivity index (χ2v) is 6.44. The predicted molar refractivity (Wildman–Crippen MR) is 91.7 cm³/mol. The van der Waals surface area contributed by atoms with Gasteiger partial charge in [0, 0.05) is 23.8 Å². The second-order valence-electron chi connectivity index (χ2n) is 5.21. The molecule has 0 amide bonds. The molecule has 1 N–H and O–H groups in total. The molecule has 0 bridgehead atoms. The number of benzene rings is 1. The highest BCUT2D eigenvalue weighted by Gasteiger charge is 2.16. The van der Waals surface area contributed by atoms with Gasteiger partial charge in [-0.1, -0.05) is 30.7 Å². The third kappa shape index (κ3) is 4.56. The lowest BCUT2D eigenvalue weighted by atomic mass is 10.00. The quantitative estimate of drug-likeness (QED) is 0.777. The number of nitrogens with zero attached hydrogens (tertiary/aromatic N) is 2. The minimum Gasteiger partial charge on any atom is -0.310 e. The number of rotatable bonds is 7. The largest absolute Gasteiger partial charge is 0.310 e. The maximum absolute atomic E-state index is 6.45. The zero-order valence-corrected chi connectivity index (χ0v) is 14.8. The summed E-state index contributed by atoms with van der Waals surface area (Å²) in [4.78, 5) is 0. The van der Waals surface area contributed by atoms with Crippen LogP contribution in [0.5, 0.6) is 0 Å². The van der Waals surface area contributed by atoms with Gasteiger partial charge in [0.2, 0.25) is 0 Å². The third-order valence-corrected chi connectivity index (χ3v) is 4.79. The van der Waals surface area contributed by atoms with Crippen LogP contribution in [0.4, 0.5) is 0 Å². The minimum absolute atomic E-state index is 0.259. The molecule has 1 aromatic heterocycles. The molecule has 0 fully saturated rings. The Morgan fingerprint density at radius 3 is 2.90 bits per heavy atom. The van der Waals surface area contributed by atoms with Crippen molar-refractivity contribution in [2.45, 2.75) is 32.2 Å². The molecule has 5 heteroatoms. The van der Waals surface area contributed by atoms with E-state index in [1.807, 2.05) is 30.1 Å². The van der Waals surface area contributed by atoms with Crippen molar-refractivity contribution in [2.75, 3.05) is 6.54 Å². The number of halogens is 2. The predicted octanol–water partition coefficient (Wildman–Crippen LogP) is 4.51. The Labute approximate surface area is 139 Å². The summed E-state index contributed by atoms with van der Waals surface area (Å²) >= 11 is 9.96. The van der Waals surface area contributed by atoms with E-state index in [1.54, 1.807) is 0 Å². The lowest BCUT2D eigenvalue weighted by Crippen LogP contribution is -2.23. The van der Waals surface area contributed by atoms with Gasteiger partial charge in [-0.15, -0.1) is 0 Å². The molecule has 2 aromatic rings. The maximum atomic E-state index is 6.45. The van der Waals surface area contributed by atoms with Crippen LogP contribution in [-0.4, -0.2) is 16.3 Å². The van der Waals surface area contributed by atoms with Crippen LogP contribution in [-0.2, 0) is 13.5 Å². The van der Waals surface area contributed by atoms with Crippen molar-refractivity contribution < 1.29 is 0 Å². The summed E-state index contributed by atoms with van der Waals surface area (Å²) < 4.78 is 2.79. The maximum Gasteiger partial charge on any atom is 0.0595 e. The topological polar surface area (TPSA) is 29.9 Å². The molecule has 0 aliphatic carbocycles. The Bertz CT molecular complexity index is 583. The molecular formula is C16H21BrClN3. The summed E-state index contributed by atoms with van der Waals surface area (Å²) in [6, 6.07) is 6.37. The van der Waals surface area contributed by atoms with Crippen molar-refractivity contribution in [2.24, 2.45) is 7.05 Å². The Morgan fingerprint density at radius 2 is 2.24 bits per heavy atom. The zero-order chi connectivity index (χ0) is 15.2. The van der Waals surface area contributed by atoms with E-state index in [9.17, 15) is 0 Å². The highest BCUT2D eigenvalue weighted by atomic mass is 79.9. The first kappa shape index (κ1) is 16.5. The van der Waals surface area contributed by atoms with E-state index in [0.29, 0.717) is 0 Å². The van der Waals surface area contributed by atoms with Gasteiger partial charge in [-0.2, -0.15) is 5.10 Å². The molecule has 1 atom stereocenters. The Hall–Kier alpha value is -0.840. The van der Waals surface area contributed by atoms with Gasteiger partial charge in [0.1, 0.15) is 0 Å². The van der Waals surface area contributed by atoms with E-state index in [2.05, 4.69) is 45.5 Å². The number of aromatic nitrogens is 2. The van der Waals surface area contributed by atoms with E-state index in [-0.39, 0.29) is 6.04 Å². The molecule has 1 aromatic carbocycles. The van der Waals surface area contributed by atoms with Gasteiger partial charge in [-0.25, -0.2) is 0 Å². The Morgan fingerprint density at radius 1 is 1.43 bits per heavy atom. The monoisotopic (exact) mass is 369 g/mol. The van der Waals surface area contributed by atoms with Gasteiger partial charge >= 0.3 is 0 Å². The zero-order valence-electron chi connectivity index (χ0n) is 12.4. The van der Waals surface area contributed by atoms with Crippen molar-refractivity contribution in [3.63, 3.8) is 0 Å². The summed E-state index contributed by atoms with van der Waals surface area (Å²) in [5.74, 6) is 0. The first-order valence-electron chi connectivity index (χ1n) is 7.26. The highest BCUT2D eigenvalue weighted by Crippen LogP contribution is 2.32. The number of aryl methyl sites for hydroxylation is 2. The van der Waals surface area contributed by atoms with Crippen molar-refractivity contribution >= 4 is 27.5 Å². The number of nitrogens with one attached hydrogen (secondary N) is 1. The average Bonchev–Trinajstić information content (AvgIpc) is 2.88. The van der Waals surface area contributed by atoms with E-state index in [0.717, 1.165) is 40.9 Å². The highest BCUT2D eigenvalue weighted by molar-refractivity contribution is 9.10. The smallest absolute Gasteiger partial charge is 0.0595 e. The fourth-order valence-corrected chi connectivity index (χ4v) is 3.03. The van der Waals surface area contributed by atoms with Gasteiger partial charge in [0.15, 0.2) is 0 Å². The van der Waals surface area contributed by atoms with Crippen LogP contribution in [0, 0.1) is 0 Å². The van der Waals surface area contributed by atoms with Gasteiger partial charge < -0.3 is 5.32 Å². The van der Waals surface area contributed by atoms with Crippen LogP contribution >= 0.6 is 27.5 Å². The molecule has 0 saturated carbocycles. The molecule has 1 unspecified atom stereocenters. The fourth-order valence-electron chi connectivity index (χ4n) is 2.39. The SMILES string of the molecule is CCCNC(CCc1cnn(C)c1)c1cccc(Br)c1Cl. The lowest BCUT2D eigenvalue weighted by molar-refractivity contribution is 0.499. The molecule has 2 rings (SSSR count). The Kier molecular flexibility index (Phi) is 6.27. The van der Waals surface area contributed by atoms with Gasteiger partial charge in [-0.3, -0.25) is 4.68 Å². The summed E-state index contributed by atoms with van der Waals surface area (Å²) in [6.07, 6.45) is 7.09. The van der Waals surface area contributed by atoms with Crippen LogP contribution in [0.1, 0.15) is 36.9 Å².